The highest BCUT2D eigenvalue weighted by Gasteiger charge is 2.17. The fraction of sp³-hybridized carbons (Fsp3) is 0.0909. The van der Waals surface area contributed by atoms with E-state index in [1.807, 2.05) is 0 Å². The van der Waals surface area contributed by atoms with Crippen LogP contribution in [0.5, 0.6) is 0 Å². The van der Waals surface area contributed by atoms with E-state index in [2.05, 4.69) is 172 Å². The molecule has 3 nitrogen and oxygen atoms in total. The molecule has 2 heterocycles. The summed E-state index contributed by atoms with van der Waals surface area (Å²) in [6.45, 7) is 8.55. The first kappa shape index (κ1) is 28.7. The number of hydrogen-bond donors (Lipinski definition) is 0. The minimum atomic E-state index is 0.738. The van der Waals surface area contributed by atoms with E-state index in [-0.39, 0.29) is 0 Å². The maximum atomic E-state index is 5.23. The van der Waals surface area contributed by atoms with Crippen LogP contribution in [0.1, 0.15) is 22.3 Å². The SMILES string of the molecule is Cc1cc(C)cc(-c2cc(-c3ccc4c(c3)c3cc(-c5ccccc5)ccc3n4-c3ccccc3)nc(-c3cc(C)cc(C)c3)n2)c1. The average Bonchev–Trinajstić information content (AvgIpc) is 3.41. The zero-order chi connectivity index (χ0) is 32.1. The van der Waals surface area contributed by atoms with E-state index >= 15 is 0 Å². The lowest BCUT2D eigenvalue weighted by Crippen LogP contribution is -1.97. The van der Waals surface area contributed by atoms with Crippen molar-refractivity contribution in [3.8, 4) is 50.7 Å². The number of benzene rings is 6. The molecule has 0 saturated carbocycles. The molecule has 3 heteroatoms. The van der Waals surface area contributed by atoms with Crippen LogP contribution in [0.2, 0.25) is 0 Å². The summed E-state index contributed by atoms with van der Waals surface area (Å²) < 4.78 is 2.37. The smallest absolute Gasteiger partial charge is 0.160 e. The number of hydrogen-bond acceptors (Lipinski definition) is 2. The zero-order valence-corrected chi connectivity index (χ0v) is 27.1. The highest BCUT2D eigenvalue weighted by atomic mass is 15.0. The van der Waals surface area contributed by atoms with Crippen molar-refractivity contribution in [1.29, 1.82) is 0 Å². The summed E-state index contributed by atoms with van der Waals surface area (Å²) >= 11 is 0. The van der Waals surface area contributed by atoms with Crippen LogP contribution in [0.15, 0.2) is 140 Å². The van der Waals surface area contributed by atoms with Crippen molar-refractivity contribution >= 4 is 21.8 Å². The van der Waals surface area contributed by atoms with Crippen LogP contribution < -0.4 is 0 Å². The molecule has 8 rings (SSSR count). The van der Waals surface area contributed by atoms with E-state index in [1.165, 1.54) is 55.2 Å². The number of aromatic nitrogens is 3. The van der Waals surface area contributed by atoms with E-state index in [9.17, 15) is 0 Å². The summed E-state index contributed by atoms with van der Waals surface area (Å²) in [5, 5.41) is 2.41. The average molecular weight is 606 g/mol. The second kappa shape index (κ2) is 11.5. The fourth-order valence-electron chi connectivity index (χ4n) is 6.95. The fourth-order valence-corrected chi connectivity index (χ4v) is 6.95. The number of aryl methyl sites for hydroxylation is 4. The molecule has 0 spiro atoms. The molecule has 226 valence electrons. The van der Waals surface area contributed by atoms with Crippen LogP contribution in [0.4, 0.5) is 0 Å². The van der Waals surface area contributed by atoms with E-state index in [0.717, 1.165) is 39.6 Å². The molecular weight excluding hydrogens is 571 g/mol. The van der Waals surface area contributed by atoms with E-state index in [4.69, 9.17) is 9.97 Å². The Morgan fingerprint density at radius 3 is 1.47 bits per heavy atom. The van der Waals surface area contributed by atoms with Gasteiger partial charge in [-0.15, -0.1) is 0 Å². The van der Waals surface area contributed by atoms with Crippen LogP contribution in [-0.4, -0.2) is 14.5 Å². The first-order valence-corrected chi connectivity index (χ1v) is 16.2. The minimum absolute atomic E-state index is 0.738. The Labute approximate surface area is 275 Å². The van der Waals surface area contributed by atoms with Gasteiger partial charge in [0.2, 0.25) is 0 Å². The Hall–Kier alpha value is -5.80. The lowest BCUT2D eigenvalue weighted by molar-refractivity contribution is 1.17. The van der Waals surface area contributed by atoms with Crippen molar-refractivity contribution in [3.05, 3.63) is 162 Å². The zero-order valence-electron chi connectivity index (χ0n) is 27.1. The van der Waals surface area contributed by atoms with Crippen LogP contribution in [0.3, 0.4) is 0 Å². The first-order valence-electron chi connectivity index (χ1n) is 16.2. The third-order valence-corrected chi connectivity index (χ3v) is 8.91. The van der Waals surface area contributed by atoms with Crippen LogP contribution >= 0.6 is 0 Å². The normalized spacial score (nSPS) is 11.4. The number of nitrogens with zero attached hydrogens (tertiary/aromatic N) is 3. The summed E-state index contributed by atoms with van der Waals surface area (Å²) in [7, 11) is 0. The van der Waals surface area contributed by atoms with Gasteiger partial charge in [0.1, 0.15) is 0 Å². The molecule has 0 amide bonds. The van der Waals surface area contributed by atoms with Crippen molar-refractivity contribution in [2.75, 3.05) is 0 Å². The monoisotopic (exact) mass is 605 g/mol. The molecule has 8 aromatic rings. The molecule has 0 saturated heterocycles. The Balaban J connectivity index is 1.38. The molecule has 0 unspecified atom stereocenters. The molecule has 0 bridgehead atoms. The van der Waals surface area contributed by atoms with Crippen molar-refractivity contribution < 1.29 is 0 Å². The molecule has 0 N–H and O–H groups in total. The van der Waals surface area contributed by atoms with E-state index < -0.39 is 0 Å². The summed E-state index contributed by atoms with van der Waals surface area (Å²) in [4.78, 5) is 10.4. The minimum Gasteiger partial charge on any atom is -0.309 e. The highest BCUT2D eigenvalue weighted by molar-refractivity contribution is 6.11. The number of rotatable bonds is 5. The Morgan fingerprint density at radius 2 is 0.872 bits per heavy atom. The second-order valence-electron chi connectivity index (χ2n) is 12.7. The molecule has 0 aliphatic heterocycles. The summed E-state index contributed by atoms with van der Waals surface area (Å²) in [6.07, 6.45) is 0. The third kappa shape index (κ3) is 5.40. The van der Waals surface area contributed by atoms with Gasteiger partial charge in [-0.05, 0) is 106 Å². The Morgan fingerprint density at radius 1 is 0.383 bits per heavy atom. The van der Waals surface area contributed by atoms with Crippen molar-refractivity contribution in [2.24, 2.45) is 0 Å². The standard InChI is InChI=1S/C44H35N3/c1-28-19-29(2)22-35(21-28)41-27-40(45-44(46-41)36-23-30(3)20-31(4)24-36)34-16-18-43-39(26-34)38-25-33(32-11-7-5-8-12-32)15-17-42(38)47(43)37-13-9-6-10-14-37/h5-27H,1-4H3. The molecule has 0 atom stereocenters. The van der Waals surface area contributed by atoms with Gasteiger partial charge in [-0.1, -0.05) is 95.1 Å². The summed E-state index contributed by atoms with van der Waals surface area (Å²) in [5.74, 6) is 0.738. The van der Waals surface area contributed by atoms with Gasteiger partial charge >= 0.3 is 0 Å². The Kier molecular flexibility index (Phi) is 7.03. The van der Waals surface area contributed by atoms with Gasteiger partial charge in [-0.3, -0.25) is 0 Å². The summed E-state index contributed by atoms with van der Waals surface area (Å²) in [6, 6.07) is 50.1. The number of fused-ring (bicyclic) bond motifs is 3. The quantitative estimate of drug-likeness (QED) is 0.195. The molecular formula is C44H35N3. The van der Waals surface area contributed by atoms with Gasteiger partial charge in [0.15, 0.2) is 5.82 Å². The number of para-hydroxylation sites is 1. The third-order valence-electron chi connectivity index (χ3n) is 8.91. The van der Waals surface area contributed by atoms with Gasteiger partial charge in [0.25, 0.3) is 0 Å². The molecule has 0 fully saturated rings. The van der Waals surface area contributed by atoms with Crippen molar-refractivity contribution in [3.63, 3.8) is 0 Å². The van der Waals surface area contributed by atoms with Gasteiger partial charge in [-0.25, -0.2) is 9.97 Å². The predicted octanol–water partition coefficient (Wildman–Crippen LogP) is 11.5. The molecule has 0 aliphatic carbocycles. The van der Waals surface area contributed by atoms with Crippen LogP contribution in [0, 0.1) is 27.7 Å². The topological polar surface area (TPSA) is 30.7 Å². The van der Waals surface area contributed by atoms with Gasteiger partial charge in [0.05, 0.1) is 22.4 Å². The maximum absolute atomic E-state index is 5.23. The second-order valence-corrected chi connectivity index (χ2v) is 12.7. The lowest BCUT2D eigenvalue weighted by Gasteiger charge is -2.12. The first-order chi connectivity index (χ1) is 22.9. The van der Waals surface area contributed by atoms with Gasteiger partial charge in [0, 0.05) is 33.2 Å². The van der Waals surface area contributed by atoms with Crippen LogP contribution in [0.25, 0.3) is 72.5 Å². The van der Waals surface area contributed by atoms with Crippen molar-refractivity contribution in [2.45, 2.75) is 27.7 Å². The van der Waals surface area contributed by atoms with E-state index in [0.29, 0.717) is 0 Å². The van der Waals surface area contributed by atoms with Crippen LogP contribution in [-0.2, 0) is 0 Å². The molecule has 6 aromatic carbocycles. The summed E-state index contributed by atoms with van der Waals surface area (Å²) in [5.41, 5.74) is 15.8. The Bertz CT molecular complexity index is 2330. The molecule has 47 heavy (non-hydrogen) atoms. The van der Waals surface area contributed by atoms with Gasteiger partial charge < -0.3 is 4.57 Å². The molecule has 0 aliphatic rings. The predicted molar refractivity (Wildman–Crippen MR) is 197 cm³/mol. The van der Waals surface area contributed by atoms with E-state index in [1.54, 1.807) is 0 Å². The molecule has 2 aromatic heterocycles. The lowest BCUT2D eigenvalue weighted by atomic mass is 10.00. The maximum Gasteiger partial charge on any atom is 0.160 e. The molecule has 0 radical (unpaired) electrons. The van der Waals surface area contributed by atoms with Gasteiger partial charge in [-0.2, -0.15) is 0 Å². The highest BCUT2D eigenvalue weighted by Crippen LogP contribution is 2.38. The van der Waals surface area contributed by atoms with Crippen molar-refractivity contribution in [1.82, 2.24) is 14.5 Å². The largest absolute Gasteiger partial charge is 0.309 e.